The lowest BCUT2D eigenvalue weighted by Crippen LogP contribution is -2.15. The van der Waals surface area contributed by atoms with Crippen molar-refractivity contribution in [1.29, 1.82) is 0 Å². The molecule has 1 N–H and O–H groups in total. The van der Waals surface area contributed by atoms with Crippen LogP contribution < -0.4 is 14.8 Å². The Bertz CT molecular complexity index is 733. The molecule has 0 spiro atoms. The summed E-state index contributed by atoms with van der Waals surface area (Å²) in [6, 6.07) is 12.6. The highest BCUT2D eigenvalue weighted by atomic mass is 79.9. The van der Waals surface area contributed by atoms with Crippen molar-refractivity contribution in [1.82, 2.24) is 5.32 Å². The topological polar surface area (TPSA) is 30.5 Å². The van der Waals surface area contributed by atoms with Crippen molar-refractivity contribution in [3.8, 4) is 11.5 Å². The van der Waals surface area contributed by atoms with E-state index >= 15 is 0 Å². The van der Waals surface area contributed by atoms with Gasteiger partial charge in [-0.05, 0) is 66.0 Å². The van der Waals surface area contributed by atoms with Crippen molar-refractivity contribution >= 4 is 15.9 Å². The maximum Gasteiger partial charge on any atom is 0.175 e. The van der Waals surface area contributed by atoms with Gasteiger partial charge in [-0.1, -0.05) is 68.9 Å². The third kappa shape index (κ3) is 8.79. The number of hydrogen-bond acceptors (Lipinski definition) is 3. The van der Waals surface area contributed by atoms with Crippen LogP contribution in [0.5, 0.6) is 11.5 Å². The van der Waals surface area contributed by atoms with Crippen LogP contribution in [0, 0.1) is 6.92 Å². The quantitative estimate of drug-likeness (QED) is 0.302. The molecule has 29 heavy (non-hydrogen) atoms. The first-order chi connectivity index (χ1) is 14.1. The summed E-state index contributed by atoms with van der Waals surface area (Å²) in [6.07, 6.45) is 7.93. The minimum absolute atomic E-state index is 0.524. The molecule has 0 amide bonds. The molecule has 160 valence electrons. The molecule has 0 fully saturated rings. The number of benzene rings is 2. The van der Waals surface area contributed by atoms with Crippen molar-refractivity contribution in [3.05, 3.63) is 57.6 Å². The molecule has 2 aromatic rings. The van der Waals surface area contributed by atoms with Crippen LogP contribution in [-0.2, 0) is 13.2 Å². The first-order valence-corrected chi connectivity index (χ1v) is 11.8. The molecule has 3 nitrogen and oxygen atoms in total. The smallest absolute Gasteiger partial charge is 0.175 e. The molecule has 0 bridgehead atoms. The van der Waals surface area contributed by atoms with Crippen LogP contribution in [-0.4, -0.2) is 13.2 Å². The number of aryl methyl sites for hydroxylation is 1. The van der Waals surface area contributed by atoms with E-state index in [0.29, 0.717) is 13.2 Å². The molecule has 4 heteroatoms. The van der Waals surface area contributed by atoms with Crippen molar-refractivity contribution in [2.45, 2.75) is 72.4 Å². The van der Waals surface area contributed by atoms with E-state index in [1.165, 1.54) is 49.7 Å². The average molecular weight is 462 g/mol. The SMILES string of the molecule is CCCCCCCCNCc1cc(Br)c(OCc2cccc(C)c2)c(OCC)c1. The van der Waals surface area contributed by atoms with Crippen LogP contribution in [0.25, 0.3) is 0 Å². The second-order valence-corrected chi connectivity index (χ2v) is 8.41. The number of unbranched alkanes of at least 4 members (excludes halogenated alkanes) is 5. The van der Waals surface area contributed by atoms with Gasteiger partial charge >= 0.3 is 0 Å². The Morgan fingerprint density at radius 2 is 1.69 bits per heavy atom. The zero-order valence-corrected chi connectivity index (χ0v) is 19.8. The largest absolute Gasteiger partial charge is 0.490 e. The number of rotatable bonds is 14. The minimum atomic E-state index is 0.524. The highest BCUT2D eigenvalue weighted by molar-refractivity contribution is 9.10. The van der Waals surface area contributed by atoms with Gasteiger partial charge in [0.15, 0.2) is 11.5 Å². The van der Waals surface area contributed by atoms with Crippen molar-refractivity contribution in [2.75, 3.05) is 13.2 Å². The highest BCUT2D eigenvalue weighted by Gasteiger charge is 2.13. The van der Waals surface area contributed by atoms with E-state index in [1.807, 2.05) is 6.92 Å². The standard InChI is InChI=1S/C25H36BrNO2/c1-4-6-7-8-9-10-14-27-18-22-16-23(26)25(24(17-22)28-5-2)29-19-21-13-11-12-20(3)15-21/h11-13,15-17,27H,4-10,14,18-19H2,1-3H3. The zero-order chi connectivity index (χ0) is 20.9. The van der Waals surface area contributed by atoms with Gasteiger partial charge in [0.05, 0.1) is 11.1 Å². The van der Waals surface area contributed by atoms with Crippen LogP contribution in [0.4, 0.5) is 0 Å². The molecule has 0 saturated heterocycles. The third-order valence-corrected chi connectivity index (χ3v) is 5.46. The van der Waals surface area contributed by atoms with Gasteiger partial charge in [0, 0.05) is 6.54 Å². The van der Waals surface area contributed by atoms with Gasteiger partial charge in [-0.2, -0.15) is 0 Å². The van der Waals surface area contributed by atoms with Gasteiger partial charge in [-0.25, -0.2) is 0 Å². The fourth-order valence-corrected chi connectivity index (χ4v) is 3.95. The van der Waals surface area contributed by atoms with Crippen LogP contribution in [0.1, 0.15) is 69.1 Å². The summed E-state index contributed by atoms with van der Waals surface area (Å²) < 4.78 is 12.9. The van der Waals surface area contributed by atoms with Gasteiger partial charge < -0.3 is 14.8 Å². The molecule has 0 heterocycles. The Kier molecular flexibility index (Phi) is 11.2. The van der Waals surface area contributed by atoms with E-state index in [-0.39, 0.29) is 0 Å². The first kappa shape index (κ1) is 23.8. The maximum absolute atomic E-state index is 6.11. The van der Waals surface area contributed by atoms with Gasteiger partial charge in [-0.15, -0.1) is 0 Å². The molecular formula is C25H36BrNO2. The second kappa shape index (κ2) is 13.7. The lowest BCUT2D eigenvalue weighted by atomic mass is 10.1. The summed E-state index contributed by atoms with van der Waals surface area (Å²) in [6.45, 7) is 9.39. The van der Waals surface area contributed by atoms with Crippen LogP contribution in [0.3, 0.4) is 0 Å². The molecule has 0 aromatic heterocycles. The van der Waals surface area contributed by atoms with E-state index in [2.05, 4.69) is 71.5 Å². The predicted octanol–water partition coefficient (Wildman–Crippen LogP) is 7.19. The fourth-order valence-electron chi connectivity index (χ4n) is 3.35. The molecule has 0 aliphatic heterocycles. The Morgan fingerprint density at radius 1 is 0.897 bits per heavy atom. The van der Waals surface area contributed by atoms with Gasteiger partial charge in [0.2, 0.25) is 0 Å². The number of hydrogen-bond donors (Lipinski definition) is 1. The Balaban J connectivity index is 1.89. The number of ether oxygens (including phenoxy) is 2. The summed E-state index contributed by atoms with van der Waals surface area (Å²) in [5, 5.41) is 3.56. The van der Waals surface area contributed by atoms with Gasteiger partial charge in [0.25, 0.3) is 0 Å². The third-order valence-electron chi connectivity index (χ3n) is 4.87. The molecule has 0 atom stereocenters. The zero-order valence-electron chi connectivity index (χ0n) is 18.2. The second-order valence-electron chi connectivity index (χ2n) is 7.56. The normalized spacial score (nSPS) is 10.9. The number of nitrogens with one attached hydrogen (secondary N) is 1. The Labute approximate surface area is 185 Å². The molecule has 0 saturated carbocycles. The Morgan fingerprint density at radius 3 is 2.45 bits per heavy atom. The molecule has 2 aromatic carbocycles. The van der Waals surface area contributed by atoms with E-state index in [4.69, 9.17) is 9.47 Å². The number of halogens is 1. The first-order valence-electron chi connectivity index (χ1n) is 11.0. The maximum atomic E-state index is 6.11. The molecule has 2 rings (SSSR count). The monoisotopic (exact) mass is 461 g/mol. The molecule has 0 radical (unpaired) electrons. The fraction of sp³-hybridized carbons (Fsp3) is 0.520. The Hall–Kier alpha value is -1.52. The summed E-state index contributed by atoms with van der Waals surface area (Å²) >= 11 is 3.68. The van der Waals surface area contributed by atoms with Crippen molar-refractivity contribution < 1.29 is 9.47 Å². The predicted molar refractivity (Wildman–Crippen MR) is 126 cm³/mol. The molecular weight excluding hydrogens is 426 g/mol. The lowest BCUT2D eigenvalue weighted by molar-refractivity contribution is 0.267. The van der Waals surface area contributed by atoms with Crippen molar-refractivity contribution in [2.24, 2.45) is 0 Å². The van der Waals surface area contributed by atoms with Crippen LogP contribution >= 0.6 is 15.9 Å². The molecule has 0 aliphatic rings. The lowest BCUT2D eigenvalue weighted by Gasteiger charge is -2.16. The summed E-state index contributed by atoms with van der Waals surface area (Å²) in [5.41, 5.74) is 3.60. The molecule has 0 unspecified atom stereocenters. The van der Waals surface area contributed by atoms with E-state index in [1.54, 1.807) is 0 Å². The summed E-state index contributed by atoms with van der Waals surface area (Å²) in [5.74, 6) is 1.57. The molecule has 0 aliphatic carbocycles. The average Bonchev–Trinajstić information content (AvgIpc) is 2.70. The summed E-state index contributed by atoms with van der Waals surface area (Å²) in [4.78, 5) is 0. The minimum Gasteiger partial charge on any atom is -0.490 e. The van der Waals surface area contributed by atoms with Crippen molar-refractivity contribution in [3.63, 3.8) is 0 Å². The summed E-state index contributed by atoms with van der Waals surface area (Å²) in [7, 11) is 0. The van der Waals surface area contributed by atoms with E-state index in [9.17, 15) is 0 Å². The van der Waals surface area contributed by atoms with Gasteiger partial charge in [0.1, 0.15) is 6.61 Å². The van der Waals surface area contributed by atoms with E-state index in [0.717, 1.165) is 34.6 Å². The highest BCUT2D eigenvalue weighted by Crippen LogP contribution is 2.37. The van der Waals surface area contributed by atoms with Crippen LogP contribution in [0.15, 0.2) is 40.9 Å². The van der Waals surface area contributed by atoms with Gasteiger partial charge in [-0.3, -0.25) is 0 Å². The van der Waals surface area contributed by atoms with Crippen LogP contribution in [0.2, 0.25) is 0 Å². The van der Waals surface area contributed by atoms with E-state index < -0.39 is 0 Å².